The number of nitrogens with zero attached hydrogens (tertiary/aromatic N) is 4. The van der Waals surface area contributed by atoms with E-state index in [0.717, 1.165) is 22.2 Å². The lowest BCUT2D eigenvalue weighted by Crippen LogP contribution is -1.99. The molecule has 2 aromatic carbocycles. The minimum Gasteiger partial charge on any atom is -0.383 e. The fourth-order valence-electron chi connectivity index (χ4n) is 2.37. The summed E-state index contributed by atoms with van der Waals surface area (Å²) in [7, 11) is 0. The van der Waals surface area contributed by atoms with Gasteiger partial charge in [-0.25, -0.2) is 4.98 Å². The van der Waals surface area contributed by atoms with Crippen molar-refractivity contribution in [1.29, 1.82) is 0 Å². The van der Waals surface area contributed by atoms with Gasteiger partial charge in [0.05, 0.1) is 5.52 Å². The number of hydrogen-bond acceptors (Lipinski definition) is 4. The van der Waals surface area contributed by atoms with Gasteiger partial charge in [0.25, 0.3) is 0 Å². The second-order valence-corrected chi connectivity index (χ2v) is 4.55. The molecular formula is C15H11N5. The van der Waals surface area contributed by atoms with E-state index in [0.29, 0.717) is 11.5 Å². The molecule has 20 heavy (non-hydrogen) atoms. The molecule has 0 radical (unpaired) electrons. The fraction of sp³-hybridized carbons (Fsp3) is 0. The van der Waals surface area contributed by atoms with Crippen LogP contribution >= 0.6 is 0 Å². The third kappa shape index (κ3) is 1.46. The van der Waals surface area contributed by atoms with Crippen molar-refractivity contribution in [2.75, 3.05) is 5.73 Å². The highest BCUT2D eigenvalue weighted by Crippen LogP contribution is 2.26. The highest BCUT2D eigenvalue weighted by Gasteiger charge is 2.13. The molecule has 0 fully saturated rings. The summed E-state index contributed by atoms with van der Waals surface area (Å²) in [4.78, 5) is 4.46. The van der Waals surface area contributed by atoms with E-state index in [1.165, 1.54) is 0 Å². The Morgan fingerprint density at radius 2 is 1.65 bits per heavy atom. The fourth-order valence-corrected chi connectivity index (χ4v) is 2.37. The molecule has 0 spiro atoms. The maximum atomic E-state index is 6.05. The summed E-state index contributed by atoms with van der Waals surface area (Å²) in [6.45, 7) is 0. The number of hydrogen-bond donors (Lipinski definition) is 1. The van der Waals surface area contributed by atoms with Crippen molar-refractivity contribution in [3.05, 3.63) is 54.6 Å². The van der Waals surface area contributed by atoms with E-state index in [9.17, 15) is 0 Å². The second kappa shape index (κ2) is 4.03. The molecule has 0 aliphatic heterocycles. The summed E-state index contributed by atoms with van der Waals surface area (Å²) >= 11 is 0. The molecule has 5 heteroatoms. The van der Waals surface area contributed by atoms with Gasteiger partial charge in [-0.05, 0) is 12.1 Å². The number of anilines is 1. The van der Waals surface area contributed by atoms with E-state index in [2.05, 4.69) is 15.3 Å². The lowest BCUT2D eigenvalue weighted by Gasteiger charge is -2.03. The van der Waals surface area contributed by atoms with Gasteiger partial charge in [-0.1, -0.05) is 47.7 Å². The third-order valence-electron chi connectivity index (χ3n) is 3.33. The Bertz CT molecular complexity index is 912. The maximum Gasteiger partial charge on any atom is 0.186 e. The molecule has 4 aromatic rings. The Morgan fingerprint density at radius 3 is 2.50 bits per heavy atom. The molecule has 0 bridgehead atoms. The molecule has 96 valence electrons. The molecule has 0 unspecified atom stereocenters. The van der Waals surface area contributed by atoms with Gasteiger partial charge in [0.2, 0.25) is 0 Å². The molecule has 0 amide bonds. The van der Waals surface area contributed by atoms with Crippen molar-refractivity contribution >= 4 is 22.4 Å². The molecule has 0 saturated heterocycles. The van der Waals surface area contributed by atoms with Crippen molar-refractivity contribution in [3.8, 4) is 11.3 Å². The van der Waals surface area contributed by atoms with E-state index in [1.807, 2.05) is 54.6 Å². The van der Waals surface area contributed by atoms with Crippen molar-refractivity contribution in [3.63, 3.8) is 0 Å². The largest absolute Gasteiger partial charge is 0.383 e. The van der Waals surface area contributed by atoms with Crippen LogP contribution in [0.1, 0.15) is 0 Å². The summed E-state index contributed by atoms with van der Waals surface area (Å²) < 4.78 is 1.73. The monoisotopic (exact) mass is 261 g/mol. The van der Waals surface area contributed by atoms with Crippen LogP contribution in [0, 0.1) is 0 Å². The summed E-state index contributed by atoms with van der Waals surface area (Å²) in [5.74, 6) is 0.493. The number of para-hydroxylation sites is 1. The number of fused-ring (bicyclic) bond motifs is 3. The van der Waals surface area contributed by atoms with E-state index in [-0.39, 0.29) is 0 Å². The van der Waals surface area contributed by atoms with Crippen LogP contribution in [0.3, 0.4) is 0 Å². The van der Waals surface area contributed by atoms with Gasteiger partial charge in [-0.3, -0.25) is 0 Å². The van der Waals surface area contributed by atoms with Crippen LogP contribution < -0.4 is 5.73 Å². The zero-order valence-electron chi connectivity index (χ0n) is 10.6. The Hall–Kier alpha value is -2.95. The van der Waals surface area contributed by atoms with Gasteiger partial charge in [-0.2, -0.15) is 4.52 Å². The summed E-state index contributed by atoms with van der Waals surface area (Å²) in [6, 6.07) is 17.6. The first-order valence-electron chi connectivity index (χ1n) is 6.29. The Kier molecular flexibility index (Phi) is 2.20. The van der Waals surface area contributed by atoms with Crippen molar-refractivity contribution < 1.29 is 0 Å². The van der Waals surface area contributed by atoms with Crippen molar-refractivity contribution in [2.24, 2.45) is 0 Å². The predicted molar refractivity (Wildman–Crippen MR) is 78.1 cm³/mol. The number of rotatable bonds is 1. The van der Waals surface area contributed by atoms with Gasteiger partial charge in [0, 0.05) is 10.9 Å². The van der Waals surface area contributed by atoms with E-state index in [4.69, 9.17) is 5.73 Å². The number of benzene rings is 2. The summed E-state index contributed by atoms with van der Waals surface area (Å²) in [5, 5.41) is 9.34. The van der Waals surface area contributed by atoms with Gasteiger partial charge >= 0.3 is 0 Å². The molecule has 4 rings (SSSR count). The van der Waals surface area contributed by atoms with E-state index < -0.39 is 0 Å². The molecule has 0 aliphatic rings. The minimum absolute atomic E-state index is 0.493. The van der Waals surface area contributed by atoms with Crippen LogP contribution in [0.4, 0.5) is 5.82 Å². The summed E-state index contributed by atoms with van der Waals surface area (Å²) in [6.07, 6.45) is 0. The van der Waals surface area contributed by atoms with Crippen LogP contribution in [0.2, 0.25) is 0 Å². The van der Waals surface area contributed by atoms with E-state index >= 15 is 0 Å². The highest BCUT2D eigenvalue weighted by atomic mass is 15.4. The normalized spacial score (nSPS) is 11.2. The van der Waals surface area contributed by atoms with Crippen LogP contribution in [-0.4, -0.2) is 19.8 Å². The average molecular weight is 261 g/mol. The SMILES string of the molecule is Nc1nc2c(-c3ccccc3)nnn2c2ccccc12. The smallest absolute Gasteiger partial charge is 0.186 e. The average Bonchev–Trinajstić information content (AvgIpc) is 2.92. The molecule has 0 atom stereocenters. The lowest BCUT2D eigenvalue weighted by molar-refractivity contribution is 0.877. The first kappa shape index (κ1) is 10.9. The van der Waals surface area contributed by atoms with Crippen molar-refractivity contribution in [1.82, 2.24) is 19.8 Å². The predicted octanol–water partition coefficient (Wildman–Crippen LogP) is 2.53. The quantitative estimate of drug-likeness (QED) is 0.571. The Labute approximate surface area is 114 Å². The zero-order chi connectivity index (χ0) is 13.5. The molecule has 2 heterocycles. The first-order chi connectivity index (χ1) is 9.84. The second-order valence-electron chi connectivity index (χ2n) is 4.55. The van der Waals surface area contributed by atoms with Crippen molar-refractivity contribution in [2.45, 2.75) is 0 Å². The standard InChI is InChI=1S/C15H11N5/c16-14-11-8-4-5-9-12(11)20-15(17-14)13(18-19-20)10-6-2-1-3-7-10/h1-9H,(H2,16,17). The summed E-state index contributed by atoms with van der Waals surface area (Å²) in [5.41, 5.74) is 9.34. The maximum absolute atomic E-state index is 6.05. The lowest BCUT2D eigenvalue weighted by atomic mass is 10.1. The third-order valence-corrected chi connectivity index (χ3v) is 3.33. The Balaban J connectivity index is 2.12. The molecule has 2 N–H and O–H groups in total. The van der Waals surface area contributed by atoms with Gasteiger partial charge < -0.3 is 5.73 Å². The zero-order valence-corrected chi connectivity index (χ0v) is 10.6. The number of nitrogen functional groups attached to an aromatic ring is 1. The molecule has 5 nitrogen and oxygen atoms in total. The molecule has 2 aromatic heterocycles. The van der Waals surface area contributed by atoms with Crippen LogP contribution in [0.5, 0.6) is 0 Å². The number of nitrogens with two attached hydrogens (primary N) is 1. The van der Waals surface area contributed by atoms with Gasteiger partial charge in [0.15, 0.2) is 5.65 Å². The molecule has 0 aliphatic carbocycles. The molecule has 0 saturated carbocycles. The van der Waals surface area contributed by atoms with Crippen LogP contribution in [0.25, 0.3) is 27.8 Å². The topological polar surface area (TPSA) is 69.1 Å². The highest BCUT2D eigenvalue weighted by molar-refractivity contribution is 5.92. The van der Waals surface area contributed by atoms with Crippen LogP contribution in [0.15, 0.2) is 54.6 Å². The first-order valence-corrected chi connectivity index (χ1v) is 6.29. The minimum atomic E-state index is 0.493. The molecular weight excluding hydrogens is 250 g/mol. The number of aromatic nitrogens is 4. The van der Waals surface area contributed by atoms with Crippen LogP contribution in [-0.2, 0) is 0 Å². The Morgan fingerprint density at radius 1 is 0.900 bits per heavy atom. The van der Waals surface area contributed by atoms with Gasteiger partial charge in [-0.15, -0.1) is 5.10 Å². The van der Waals surface area contributed by atoms with Gasteiger partial charge in [0.1, 0.15) is 11.5 Å². The van der Waals surface area contributed by atoms with E-state index in [1.54, 1.807) is 4.52 Å².